The van der Waals surface area contributed by atoms with Crippen molar-refractivity contribution in [2.24, 2.45) is 46.3 Å². The van der Waals surface area contributed by atoms with Gasteiger partial charge in [-0.2, -0.15) is 0 Å². The quantitative estimate of drug-likeness (QED) is 0.148. The van der Waals surface area contributed by atoms with Crippen LogP contribution in [0.15, 0.2) is 52.1 Å². The first-order valence-corrected chi connectivity index (χ1v) is 23.4. The minimum atomic E-state index is -2.16. The first-order chi connectivity index (χ1) is 23.9. The van der Waals surface area contributed by atoms with Gasteiger partial charge in [0, 0.05) is 11.8 Å². The Morgan fingerprint density at radius 3 is 2.27 bits per heavy atom. The van der Waals surface area contributed by atoms with E-state index in [1.807, 2.05) is 39.7 Å². The molecule has 280 valence electrons. The largest absolute Gasteiger partial charge is 0.411 e. The molecule has 0 radical (unpaired) electrons. The molecule has 3 aliphatic heterocycles. The predicted molar refractivity (Wildman–Crippen MR) is 207 cm³/mol. The molecular weight excluding hydrogens is 651 g/mol. The van der Waals surface area contributed by atoms with Crippen LogP contribution in [0.4, 0.5) is 0 Å². The van der Waals surface area contributed by atoms with Gasteiger partial charge in [0.2, 0.25) is 0 Å². The van der Waals surface area contributed by atoms with Crippen molar-refractivity contribution in [3.05, 3.63) is 63.5 Å². The highest BCUT2D eigenvalue weighted by Gasteiger charge is 2.81. The minimum Gasteiger partial charge on any atom is -0.411 e. The molecule has 2 aromatic rings. The zero-order valence-electron chi connectivity index (χ0n) is 33.4. The van der Waals surface area contributed by atoms with Crippen LogP contribution in [0, 0.1) is 46.3 Å². The van der Waals surface area contributed by atoms with Gasteiger partial charge in [-0.1, -0.05) is 106 Å². The fourth-order valence-corrected chi connectivity index (χ4v) is 14.4. The average molecular weight is 716 g/mol. The molecule has 1 saturated heterocycles. The number of fused-ring (bicyclic) bond motifs is 2. The molecule has 7 aliphatic rings. The Morgan fingerprint density at radius 1 is 0.941 bits per heavy atom. The van der Waals surface area contributed by atoms with Crippen molar-refractivity contribution in [3.8, 4) is 5.69 Å². The zero-order valence-corrected chi connectivity index (χ0v) is 34.4. The van der Waals surface area contributed by atoms with Crippen LogP contribution in [-0.2, 0) is 20.2 Å². The molecule has 0 N–H and O–H groups in total. The van der Waals surface area contributed by atoms with Crippen LogP contribution in [0.3, 0.4) is 0 Å². The van der Waals surface area contributed by atoms with E-state index in [9.17, 15) is 0 Å². The molecule has 9 rings (SSSR count). The number of allylic oxidation sites excluding steroid dienone is 2. The smallest absolute Gasteiger partial charge is 0.352 e. The third-order valence-electron chi connectivity index (χ3n) is 16.9. The van der Waals surface area contributed by atoms with Crippen molar-refractivity contribution in [2.45, 2.75) is 161 Å². The molecule has 4 fully saturated rings. The molecule has 1 aromatic heterocycles. The topological polar surface area (TPSA) is 70.7 Å². The standard InChI is InChI=1S/C43H65N3O4Si/c1-12-29(27(2)3)19-18-28(4)31-20-21-33-40(31,8)23-22-34-41(9)36-35(49-36)32(50-51(10,11)39(5,6)7)26-42(41)24-25-43(33,34)46-38(48)44(37(47)45(42)46)30-16-14-13-15-17-30/h13-17,24-25,27-29,31-36H,12,18-23,26H2,1-11H3/t28-,29-,31-,32-,33-,34-,35+,36+,40-,41+,42-,43+/m1/s1. The van der Waals surface area contributed by atoms with Crippen LogP contribution < -0.4 is 11.4 Å². The highest BCUT2D eigenvalue weighted by Crippen LogP contribution is 2.76. The maximum Gasteiger partial charge on any atom is 0.352 e. The van der Waals surface area contributed by atoms with Gasteiger partial charge in [-0.15, -0.1) is 0 Å². The van der Waals surface area contributed by atoms with Gasteiger partial charge in [0.15, 0.2) is 8.32 Å². The summed E-state index contributed by atoms with van der Waals surface area (Å²) in [7, 11) is -2.16. The van der Waals surface area contributed by atoms with E-state index in [-0.39, 0.29) is 57.4 Å². The minimum absolute atomic E-state index is 0.00587. The Morgan fingerprint density at radius 2 is 1.63 bits per heavy atom. The molecule has 3 saturated carbocycles. The molecule has 51 heavy (non-hydrogen) atoms. The van der Waals surface area contributed by atoms with E-state index in [1.54, 1.807) is 0 Å². The maximum absolute atomic E-state index is 15.2. The average Bonchev–Trinajstić information content (AvgIpc) is 3.73. The van der Waals surface area contributed by atoms with Crippen molar-refractivity contribution in [2.75, 3.05) is 0 Å². The van der Waals surface area contributed by atoms with Gasteiger partial charge in [-0.3, -0.25) is 0 Å². The van der Waals surface area contributed by atoms with Crippen LogP contribution in [0.2, 0.25) is 18.1 Å². The van der Waals surface area contributed by atoms with Crippen LogP contribution in [-0.4, -0.2) is 40.6 Å². The number of ether oxygens (including phenoxy) is 1. The lowest BCUT2D eigenvalue weighted by molar-refractivity contribution is -0.194. The van der Waals surface area contributed by atoms with Gasteiger partial charge < -0.3 is 9.16 Å². The summed E-state index contributed by atoms with van der Waals surface area (Å²) in [5, 5.41) is 0.0473. The molecule has 8 heteroatoms. The van der Waals surface area contributed by atoms with Crippen molar-refractivity contribution < 1.29 is 9.16 Å². The van der Waals surface area contributed by atoms with Crippen LogP contribution >= 0.6 is 0 Å². The second-order valence-electron chi connectivity index (χ2n) is 20.2. The number of nitrogens with zero attached hydrogens (tertiary/aromatic N) is 3. The molecule has 2 bridgehead atoms. The van der Waals surface area contributed by atoms with E-state index in [0.29, 0.717) is 29.9 Å². The highest BCUT2D eigenvalue weighted by molar-refractivity contribution is 6.74. The molecule has 2 spiro atoms. The number of para-hydroxylation sites is 1. The highest BCUT2D eigenvalue weighted by atomic mass is 28.4. The Hall–Kier alpha value is -2.16. The Balaban J connectivity index is 1.28. The first kappa shape index (κ1) is 35.8. The molecule has 0 amide bonds. The van der Waals surface area contributed by atoms with Crippen LogP contribution in [0.25, 0.3) is 5.69 Å². The van der Waals surface area contributed by atoms with Gasteiger partial charge in [0.1, 0.15) is 6.10 Å². The first-order valence-electron chi connectivity index (χ1n) is 20.5. The Kier molecular flexibility index (Phi) is 8.03. The molecule has 4 aliphatic carbocycles. The van der Waals surface area contributed by atoms with Crippen molar-refractivity contribution in [1.82, 2.24) is 13.9 Å². The van der Waals surface area contributed by atoms with E-state index in [2.05, 4.69) is 87.6 Å². The summed E-state index contributed by atoms with van der Waals surface area (Å²) >= 11 is 0. The molecule has 1 aromatic carbocycles. The van der Waals surface area contributed by atoms with E-state index in [4.69, 9.17) is 9.16 Å². The summed E-state index contributed by atoms with van der Waals surface area (Å²) < 4.78 is 19.5. The van der Waals surface area contributed by atoms with Gasteiger partial charge >= 0.3 is 11.4 Å². The maximum atomic E-state index is 15.2. The fraction of sp³-hybridized carbons (Fsp3) is 0.767. The van der Waals surface area contributed by atoms with E-state index in [1.165, 1.54) is 36.7 Å². The molecule has 7 nitrogen and oxygen atoms in total. The third kappa shape index (κ3) is 4.54. The molecular formula is C43H65N3O4Si. The van der Waals surface area contributed by atoms with E-state index < -0.39 is 19.4 Å². The number of hydrogen-bond acceptors (Lipinski definition) is 4. The van der Waals surface area contributed by atoms with Gasteiger partial charge in [-0.05, 0) is 103 Å². The monoisotopic (exact) mass is 715 g/mol. The number of hydrogen-bond donors (Lipinski definition) is 0. The molecule has 12 atom stereocenters. The lowest BCUT2D eigenvalue weighted by Gasteiger charge is -2.70. The van der Waals surface area contributed by atoms with Crippen molar-refractivity contribution >= 4 is 8.32 Å². The molecule has 0 unspecified atom stereocenters. The number of aromatic nitrogens is 3. The van der Waals surface area contributed by atoms with Gasteiger partial charge in [-0.25, -0.2) is 23.5 Å². The van der Waals surface area contributed by atoms with Crippen LogP contribution in [0.1, 0.15) is 114 Å². The summed E-state index contributed by atoms with van der Waals surface area (Å²) in [5.41, 5.74) is -1.33. The van der Waals surface area contributed by atoms with Crippen molar-refractivity contribution in [1.29, 1.82) is 0 Å². The summed E-state index contributed by atoms with van der Waals surface area (Å²) in [5.74, 6) is 3.17. The van der Waals surface area contributed by atoms with E-state index in [0.717, 1.165) is 18.8 Å². The third-order valence-corrected chi connectivity index (χ3v) is 21.4. The zero-order chi connectivity index (χ0) is 36.7. The van der Waals surface area contributed by atoms with Crippen LogP contribution in [0.5, 0.6) is 0 Å². The summed E-state index contributed by atoms with van der Waals surface area (Å²) in [6, 6.07) is 9.60. The van der Waals surface area contributed by atoms with E-state index >= 15 is 9.59 Å². The predicted octanol–water partition coefficient (Wildman–Crippen LogP) is 8.88. The SMILES string of the molecule is CC[C@H](CC[C@@H](C)[C@H]1CC[C@@H]2[C@]1(C)CC[C@H]1[C@]23C=C[C@]2(C[C@@H](O[Si](C)(C)C(C)(C)C)[C@@H]4O[C@@H]4[C@]12C)n1c(=O)n(-c2ccccc2)c(=O)n13)C(C)C. The lowest BCUT2D eigenvalue weighted by Crippen LogP contribution is -2.78. The summed E-state index contributed by atoms with van der Waals surface area (Å²) in [6.45, 7) is 26.1. The summed E-state index contributed by atoms with van der Waals surface area (Å²) in [6.07, 6.45) is 13.7. The van der Waals surface area contributed by atoms with Gasteiger partial charge in [0.05, 0.1) is 29.0 Å². The summed E-state index contributed by atoms with van der Waals surface area (Å²) in [4.78, 5) is 30.3. The van der Waals surface area contributed by atoms with Gasteiger partial charge in [0.25, 0.3) is 0 Å². The Labute approximate surface area is 307 Å². The number of epoxide rings is 1. The fourth-order valence-electron chi connectivity index (χ4n) is 13.1. The second kappa shape index (κ2) is 11.4. The number of rotatable bonds is 9. The number of benzene rings is 1. The lowest BCUT2D eigenvalue weighted by atomic mass is 9.40. The molecule has 4 heterocycles. The normalized spacial score (nSPS) is 40.3. The van der Waals surface area contributed by atoms with Crippen molar-refractivity contribution in [3.63, 3.8) is 0 Å². The Bertz CT molecular complexity index is 1830. The second-order valence-corrected chi connectivity index (χ2v) is 25.0.